The smallest absolute Gasteiger partial charge is 0.306 e. The zero-order valence-corrected chi connectivity index (χ0v) is 47.8. The van der Waals surface area contributed by atoms with E-state index in [9.17, 15) is 14.4 Å². The normalized spacial score (nSPS) is 12.2. The van der Waals surface area contributed by atoms with Gasteiger partial charge >= 0.3 is 17.9 Å². The van der Waals surface area contributed by atoms with Crippen LogP contribution in [-0.2, 0) is 28.6 Å². The second-order valence-corrected chi connectivity index (χ2v) is 21.3. The number of carbonyl (C=O) groups is 3. The van der Waals surface area contributed by atoms with Crippen LogP contribution in [0.3, 0.4) is 0 Å². The summed E-state index contributed by atoms with van der Waals surface area (Å²) in [4.78, 5) is 38.2. The molecule has 0 heterocycles. The number of hydrogen-bond acceptors (Lipinski definition) is 6. The molecule has 1 atom stereocenters. The van der Waals surface area contributed by atoms with Crippen molar-refractivity contribution in [3.05, 3.63) is 36.5 Å². The van der Waals surface area contributed by atoms with Crippen molar-refractivity contribution >= 4 is 17.9 Å². The van der Waals surface area contributed by atoms with Gasteiger partial charge in [-0.05, 0) is 96.3 Å². The third kappa shape index (κ3) is 58.4. The Labute approximate surface area is 442 Å². The van der Waals surface area contributed by atoms with Gasteiger partial charge < -0.3 is 14.2 Å². The summed E-state index contributed by atoms with van der Waals surface area (Å²) in [5, 5.41) is 0. The minimum Gasteiger partial charge on any atom is -0.462 e. The van der Waals surface area contributed by atoms with Gasteiger partial charge in [0.25, 0.3) is 0 Å². The summed E-state index contributed by atoms with van der Waals surface area (Å²) in [6.07, 6.45) is 73.0. The largest absolute Gasteiger partial charge is 0.462 e. The Morgan fingerprint density at radius 3 is 0.718 bits per heavy atom. The third-order valence-corrected chi connectivity index (χ3v) is 14.1. The van der Waals surface area contributed by atoms with Gasteiger partial charge in [-0.2, -0.15) is 0 Å². The number of rotatable bonds is 58. The van der Waals surface area contributed by atoms with E-state index in [0.717, 1.165) is 70.6 Å². The number of esters is 3. The summed E-state index contributed by atoms with van der Waals surface area (Å²) in [6, 6.07) is 0. The Morgan fingerprint density at radius 1 is 0.268 bits per heavy atom. The standard InChI is InChI=1S/C65H120O6/c1-4-7-10-13-16-19-22-25-27-28-29-30-31-32-33-34-35-36-38-40-43-46-49-52-55-58-64(67)70-61-62(60-69-63(66)57-54-51-48-45-42-39-24-21-18-15-12-9-6-3)71-65(68)59-56-53-50-47-44-41-37-26-23-20-17-14-11-8-5-2/h21,24,26,28-29,37,62H,4-20,22-23,25,27,30-36,38-61H2,1-3H3/b24-21-,29-28-,37-26-. The van der Waals surface area contributed by atoms with E-state index in [0.29, 0.717) is 19.3 Å². The quantitative estimate of drug-likeness (QED) is 0.0261. The molecule has 0 aromatic heterocycles. The van der Waals surface area contributed by atoms with E-state index >= 15 is 0 Å². The van der Waals surface area contributed by atoms with Gasteiger partial charge in [-0.15, -0.1) is 0 Å². The molecule has 0 saturated carbocycles. The Kier molecular flexibility index (Phi) is 58.2. The molecule has 0 spiro atoms. The lowest BCUT2D eigenvalue weighted by molar-refractivity contribution is -0.167. The predicted octanol–water partition coefficient (Wildman–Crippen LogP) is 21.2. The molecule has 0 rings (SSSR count). The maximum atomic E-state index is 12.9. The zero-order chi connectivity index (χ0) is 51.4. The Balaban J connectivity index is 4.24. The van der Waals surface area contributed by atoms with E-state index in [1.807, 2.05) is 0 Å². The lowest BCUT2D eigenvalue weighted by Gasteiger charge is -2.18. The first kappa shape index (κ1) is 68.6. The minimum absolute atomic E-state index is 0.0752. The fourth-order valence-corrected chi connectivity index (χ4v) is 9.31. The first-order valence-electron chi connectivity index (χ1n) is 31.5. The minimum atomic E-state index is -0.778. The monoisotopic (exact) mass is 997 g/mol. The molecule has 0 aliphatic carbocycles. The average Bonchev–Trinajstić information content (AvgIpc) is 3.37. The van der Waals surface area contributed by atoms with Crippen LogP contribution < -0.4 is 0 Å². The van der Waals surface area contributed by atoms with Gasteiger partial charge in [-0.25, -0.2) is 0 Å². The van der Waals surface area contributed by atoms with Crippen molar-refractivity contribution in [2.24, 2.45) is 0 Å². The number of carbonyl (C=O) groups excluding carboxylic acids is 3. The van der Waals surface area contributed by atoms with Crippen LogP contribution in [0.25, 0.3) is 0 Å². The second kappa shape index (κ2) is 60.2. The maximum absolute atomic E-state index is 12.9. The first-order chi connectivity index (χ1) is 35.0. The molecule has 0 N–H and O–H groups in total. The molecule has 0 saturated heterocycles. The van der Waals surface area contributed by atoms with Crippen LogP contribution in [0, 0.1) is 0 Å². The van der Waals surface area contributed by atoms with E-state index < -0.39 is 6.10 Å². The Hall–Kier alpha value is -2.37. The highest BCUT2D eigenvalue weighted by atomic mass is 16.6. The molecule has 6 nitrogen and oxygen atoms in total. The van der Waals surface area contributed by atoms with Crippen molar-refractivity contribution in [1.29, 1.82) is 0 Å². The second-order valence-electron chi connectivity index (χ2n) is 21.3. The zero-order valence-electron chi connectivity index (χ0n) is 47.8. The molecule has 0 fully saturated rings. The van der Waals surface area contributed by atoms with Crippen LogP contribution in [0.15, 0.2) is 36.5 Å². The maximum Gasteiger partial charge on any atom is 0.306 e. The molecule has 416 valence electrons. The van der Waals surface area contributed by atoms with Gasteiger partial charge in [0.05, 0.1) is 0 Å². The van der Waals surface area contributed by atoms with Gasteiger partial charge in [0.1, 0.15) is 13.2 Å². The van der Waals surface area contributed by atoms with Crippen molar-refractivity contribution in [2.45, 2.75) is 348 Å². The molecule has 0 amide bonds. The summed E-state index contributed by atoms with van der Waals surface area (Å²) >= 11 is 0. The predicted molar refractivity (Wildman–Crippen MR) is 307 cm³/mol. The third-order valence-electron chi connectivity index (χ3n) is 14.1. The van der Waals surface area contributed by atoms with Gasteiger partial charge in [0, 0.05) is 19.3 Å². The van der Waals surface area contributed by atoms with Crippen LogP contribution >= 0.6 is 0 Å². The number of hydrogen-bond donors (Lipinski definition) is 0. The summed E-state index contributed by atoms with van der Waals surface area (Å²) in [5.74, 6) is -0.874. The van der Waals surface area contributed by atoms with E-state index in [4.69, 9.17) is 14.2 Å². The average molecular weight is 998 g/mol. The summed E-state index contributed by atoms with van der Waals surface area (Å²) in [5.41, 5.74) is 0. The highest BCUT2D eigenvalue weighted by molar-refractivity contribution is 5.71. The van der Waals surface area contributed by atoms with Crippen LogP contribution in [0.4, 0.5) is 0 Å². The van der Waals surface area contributed by atoms with Gasteiger partial charge in [-0.1, -0.05) is 263 Å². The lowest BCUT2D eigenvalue weighted by atomic mass is 10.0. The molecule has 0 aromatic rings. The van der Waals surface area contributed by atoms with Gasteiger partial charge in [0.15, 0.2) is 6.10 Å². The molecule has 0 aliphatic heterocycles. The number of allylic oxidation sites excluding steroid dienone is 6. The van der Waals surface area contributed by atoms with Crippen molar-refractivity contribution < 1.29 is 28.6 Å². The van der Waals surface area contributed by atoms with Crippen LogP contribution in [0.2, 0.25) is 0 Å². The molecule has 6 heteroatoms. The SMILES string of the molecule is CCCCCC/C=C\CCCCCCCC(=O)OCC(COC(=O)CCCCCCCCCCCCCCC/C=C\CCCCCCCCCC)OC(=O)CCCCCCC/C=C\CCCCCCCC. The van der Waals surface area contributed by atoms with E-state index in [1.165, 1.54) is 231 Å². The molecule has 0 aliphatic rings. The fourth-order valence-electron chi connectivity index (χ4n) is 9.31. The summed E-state index contributed by atoms with van der Waals surface area (Å²) in [6.45, 7) is 6.65. The molecular formula is C65H120O6. The van der Waals surface area contributed by atoms with Crippen molar-refractivity contribution in [3.63, 3.8) is 0 Å². The van der Waals surface area contributed by atoms with Crippen molar-refractivity contribution in [2.75, 3.05) is 13.2 Å². The molecule has 0 aromatic carbocycles. The van der Waals surface area contributed by atoms with Crippen molar-refractivity contribution in [3.8, 4) is 0 Å². The topological polar surface area (TPSA) is 78.9 Å². The van der Waals surface area contributed by atoms with E-state index in [2.05, 4.69) is 57.2 Å². The highest BCUT2D eigenvalue weighted by Crippen LogP contribution is 2.17. The van der Waals surface area contributed by atoms with Crippen molar-refractivity contribution in [1.82, 2.24) is 0 Å². The molecule has 0 bridgehead atoms. The van der Waals surface area contributed by atoms with Gasteiger partial charge in [0.2, 0.25) is 0 Å². The van der Waals surface area contributed by atoms with E-state index in [-0.39, 0.29) is 31.1 Å². The first-order valence-corrected chi connectivity index (χ1v) is 31.5. The Bertz CT molecular complexity index is 1190. The molecular weight excluding hydrogens is 877 g/mol. The number of ether oxygens (including phenoxy) is 3. The molecule has 0 radical (unpaired) electrons. The van der Waals surface area contributed by atoms with E-state index in [1.54, 1.807) is 0 Å². The Morgan fingerprint density at radius 2 is 0.465 bits per heavy atom. The molecule has 71 heavy (non-hydrogen) atoms. The fraction of sp³-hybridized carbons (Fsp3) is 0.862. The van der Waals surface area contributed by atoms with Crippen LogP contribution in [0.1, 0.15) is 342 Å². The lowest BCUT2D eigenvalue weighted by Crippen LogP contribution is -2.30. The highest BCUT2D eigenvalue weighted by Gasteiger charge is 2.19. The van der Waals surface area contributed by atoms with Crippen LogP contribution in [0.5, 0.6) is 0 Å². The number of unbranched alkanes of at least 4 members (excludes halogenated alkanes) is 41. The molecule has 1 unspecified atom stereocenters. The van der Waals surface area contributed by atoms with Crippen LogP contribution in [-0.4, -0.2) is 37.2 Å². The van der Waals surface area contributed by atoms with Gasteiger partial charge in [-0.3, -0.25) is 14.4 Å². The summed E-state index contributed by atoms with van der Waals surface area (Å²) < 4.78 is 16.9. The summed E-state index contributed by atoms with van der Waals surface area (Å²) in [7, 11) is 0.